The van der Waals surface area contributed by atoms with Crippen LogP contribution in [0.2, 0.25) is 0 Å². The van der Waals surface area contributed by atoms with Crippen LogP contribution < -0.4 is 9.47 Å². The first kappa shape index (κ1) is 21.5. The average molecular weight is 405 g/mol. The van der Waals surface area contributed by atoms with Crippen LogP contribution in [0.1, 0.15) is 31.4 Å². The molecule has 0 aliphatic carbocycles. The first-order valence-electron chi connectivity index (χ1n) is 10.00. The Labute approximate surface area is 171 Å². The summed E-state index contributed by atoms with van der Waals surface area (Å²) < 4.78 is 35.5. The van der Waals surface area contributed by atoms with Crippen LogP contribution in [0.15, 0.2) is 48.5 Å². The van der Waals surface area contributed by atoms with E-state index in [9.17, 15) is 13.9 Å². The molecule has 1 saturated heterocycles. The van der Waals surface area contributed by atoms with Gasteiger partial charge in [-0.1, -0.05) is 38.1 Å². The first-order valence-corrected chi connectivity index (χ1v) is 10.00. The quantitative estimate of drug-likeness (QED) is 0.572. The predicted octanol–water partition coefficient (Wildman–Crippen LogP) is 4.10. The summed E-state index contributed by atoms with van der Waals surface area (Å²) in [6.07, 6.45) is -3.09. The van der Waals surface area contributed by atoms with Gasteiger partial charge >= 0.3 is 0 Å². The zero-order valence-corrected chi connectivity index (χ0v) is 17.0. The van der Waals surface area contributed by atoms with Crippen molar-refractivity contribution < 1.29 is 23.4 Å². The van der Waals surface area contributed by atoms with E-state index in [1.165, 1.54) is 0 Å². The van der Waals surface area contributed by atoms with Gasteiger partial charge in [0.15, 0.2) is 0 Å². The summed E-state index contributed by atoms with van der Waals surface area (Å²) in [5.41, 5.74) is 1.99. The summed E-state index contributed by atoms with van der Waals surface area (Å²) in [7, 11) is 0. The first-order chi connectivity index (χ1) is 13.8. The minimum atomic E-state index is -2.35. The lowest BCUT2D eigenvalue weighted by atomic mass is 9.78. The Bertz CT molecular complexity index is 759. The van der Waals surface area contributed by atoms with Crippen LogP contribution in [0.3, 0.4) is 0 Å². The van der Waals surface area contributed by atoms with E-state index in [4.69, 9.17) is 9.47 Å². The van der Waals surface area contributed by atoms with Crippen molar-refractivity contribution in [2.45, 2.75) is 38.2 Å². The van der Waals surface area contributed by atoms with Crippen molar-refractivity contribution in [3.8, 4) is 11.5 Å². The summed E-state index contributed by atoms with van der Waals surface area (Å²) in [5.74, 6) is 1.33. The third-order valence-corrected chi connectivity index (χ3v) is 5.21. The highest BCUT2D eigenvalue weighted by Gasteiger charge is 2.24. The van der Waals surface area contributed by atoms with Crippen molar-refractivity contribution in [1.29, 1.82) is 0 Å². The zero-order valence-electron chi connectivity index (χ0n) is 17.0. The Morgan fingerprint density at radius 1 is 0.931 bits per heavy atom. The molecule has 0 bridgehead atoms. The van der Waals surface area contributed by atoms with Gasteiger partial charge in [-0.05, 0) is 35.4 Å². The van der Waals surface area contributed by atoms with E-state index < -0.39 is 12.5 Å². The van der Waals surface area contributed by atoms with Crippen molar-refractivity contribution in [3.05, 3.63) is 59.7 Å². The standard InChI is InChI=1S/C23H29F2NO3/c1-23(2,17-3-7-20(8-4-17)28-14-11-22(24)25)18-5-9-21(10-6-18)29-16-19(27)15-26-12-13-26/h3-10,19,22,27H,11-16H2,1-2H3. The fourth-order valence-electron chi connectivity index (χ4n) is 3.16. The fraction of sp³-hybridized carbons (Fsp3) is 0.478. The number of aliphatic hydroxyl groups excluding tert-OH is 1. The second-order valence-corrected chi connectivity index (χ2v) is 7.97. The monoisotopic (exact) mass is 405 g/mol. The van der Waals surface area contributed by atoms with E-state index in [-0.39, 0.29) is 25.0 Å². The highest BCUT2D eigenvalue weighted by molar-refractivity contribution is 5.41. The third-order valence-electron chi connectivity index (χ3n) is 5.21. The van der Waals surface area contributed by atoms with Gasteiger partial charge in [0.05, 0.1) is 6.61 Å². The summed E-state index contributed by atoms with van der Waals surface area (Å²) in [6.45, 7) is 7.33. The number of nitrogens with zero attached hydrogens (tertiary/aromatic N) is 1. The number of aliphatic hydroxyl groups is 1. The largest absolute Gasteiger partial charge is 0.493 e. The van der Waals surface area contributed by atoms with Crippen LogP contribution in [0, 0.1) is 0 Å². The summed E-state index contributed by atoms with van der Waals surface area (Å²) in [4.78, 5) is 2.16. The van der Waals surface area contributed by atoms with Gasteiger partial charge in [-0.2, -0.15) is 0 Å². The van der Waals surface area contributed by atoms with Crippen LogP contribution in [0.4, 0.5) is 8.78 Å². The number of halogens is 2. The predicted molar refractivity (Wildman–Crippen MR) is 109 cm³/mol. The maximum atomic E-state index is 12.2. The molecule has 0 aromatic heterocycles. The van der Waals surface area contributed by atoms with Gasteiger partial charge in [-0.25, -0.2) is 8.78 Å². The van der Waals surface area contributed by atoms with Gasteiger partial charge in [0.25, 0.3) is 0 Å². The molecule has 158 valence electrons. The highest BCUT2D eigenvalue weighted by Crippen LogP contribution is 2.33. The Balaban J connectivity index is 1.56. The number of rotatable bonds is 11. The molecule has 2 aromatic carbocycles. The minimum absolute atomic E-state index is 0.00853. The van der Waals surface area contributed by atoms with Crippen LogP contribution >= 0.6 is 0 Å². The molecule has 1 heterocycles. The smallest absolute Gasteiger partial charge is 0.241 e. The molecule has 3 rings (SSSR count). The van der Waals surface area contributed by atoms with E-state index in [0.29, 0.717) is 12.3 Å². The molecule has 1 aliphatic heterocycles. The molecular formula is C23H29F2NO3. The second kappa shape index (κ2) is 9.55. The summed E-state index contributed by atoms with van der Waals surface area (Å²) in [5, 5.41) is 9.94. The number of alkyl halides is 2. The summed E-state index contributed by atoms with van der Waals surface area (Å²) >= 11 is 0. The van der Waals surface area contributed by atoms with Crippen molar-refractivity contribution in [3.63, 3.8) is 0 Å². The van der Waals surface area contributed by atoms with Crippen LogP contribution in [-0.4, -0.2) is 55.4 Å². The molecule has 0 saturated carbocycles. The van der Waals surface area contributed by atoms with E-state index >= 15 is 0 Å². The van der Waals surface area contributed by atoms with Crippen molar-refractivity contribution >= 4 is 0 Å². The molecule has 1 N–H and O–H groups in total. The Morgan fingerprint density at radius 2 is 1.45 bits per heavy atom. The maximum Gasteiger partial charge on any atom is 0.241 e. The average Bonchev–Trinajstić information content (AvgIpc) is 3.51. The minimum Gasteiger partial charge on any atom is -0.493 e. The molecule has 2 aromatic rings. The van der Waals surface area contributed by atoms with E-state index in [1.54, 1.807) is 0 Å². The number of hydrogen-bond donors (Lipinski definition) is 1. The molecule has 0 spiro atoms. The van der Waals surface area contributed by atoms with Gasteiger partial charge in [-0.3, -0.25) is 4.90 Å². The molecular weight excluding hydrogens is 376 g/mol. The van der Waals surface area contributed by atoms with Gasteiger partial charge < -0.3 is 14.6 Å². The molecule has 6 heteroatoms. The molecule has 1 fully saturated rings. The van der Waals surface area contributed by atoms with E-state index in [1.807, 2.05) is 48.5 Å². The fourth-order valence-corrected chi connectivity index (χ4v) is 3.16. The Hall–Kier alpha value is -2.18. The molecule has 29 heavy (non-hydrogen) atoms. The van der Waals surface area contributed by atoms with Gasteiger partial charge in [0, 0.05) is 31.5 Å². The summed E-state index contributed by atoms with van der Waals surface area (Å²) in [6, 6.07) is 15.5. The number of benzene rings is 2. The van der Waals surface area contributed by atoms with Gasteiger partial charge in [0.1, 0.15) is 24.2 Å². The van der Waals surface area contributed by atoms with Crippen LogP contribution in [0.25, 0.3) is 0 Å². The highest BCUT2D eigenvalue weighted by atomic mass is 19.3. The third kappa shape index (κ3) is 6.41. The number of β-amino-alcohol motifs (C(OH)–C–C–N with tert-alkyl or cyclic N) is 1. The topological polar surface area (TPSA) is 41.7 Å². The van der Waals surface area contributed by atoms with Crippen LogP contribution in [0.5, 0.6) is 11.5 Å². The molecule has 1 unspecified atom stereocenters. The van der Waals surface area contributed by atoms with E-state index in [0.717, 1.165) is 30.0 Å². The molecule has 4 nitrogen and oxygen atoms in total. The maximum absolute atomic E-state index is 12.2. The molecule has 1 atom stereocenters. The van der Waals surface area contributed by atoms with Gasteiger partial charge in [0.2, 0.25) is 6.43 Å². The van der Waals surface area contributed by atoms with Crippen LogP contribution in [-0.2, 0) is 5.41 Å². The van der Waals surface area contributed by atoms with E-state index in [2.05, 4.69) is 18.7 Å². The number of ether oxygens (including phenoxy) is 2. The zero-order chi connectivity index (χ0) is 20.9. The normalized spacial score (nSPS) is 15.4. The van der Waals surface area contributed by atoms with Crippen molar-refractivity contribution in [2.75, 3.05) is 32.8 Å². The van der Waals surface area contributed by atoms with Gasteiger partial charge in [-0.15, -0.1) is 0 Å². The van der Waals surface area contributed by atoms with Crippen molar-refractivity contribution in [1.82, 2.24) is 4.90 Å². The lowest BCUT2D eigenvalue weighted by Gasteiger charge is -2.26. The number of hydrogen-bond acceptors (Lipinski definition) is 4. The second-order valence-electron chi connectivity index (χ2n) is 7.97. The molecule has 0 radical (unpaired) electrons. The lowest BCUT2D eigenvalue weighted by Crippen LogP contribution is -2.26. The SMILES string of the molecule is CC(C)(c1ccc(OCCC(F)F)cc1)c1ccc(OCC(O)CN2CC2)cc1. The molecule has 1 aliphatic rings. The Kier molecular flexibility index (Phi) is 7.09. The Morgan fingerprint density at radius 3 is 1.93 bits per heavy atom. The lowest BCUT2D eigenvalue weighted by molar-refractivity contribution is 0.0943. The van der Waals surface area contributed by atoms with Crippen molar-refractivity contribution in [2.24, 2.45) is 0 Å². The molecule has 0 amide bonds.